The summed E-state index contributed by atoms with van der Waals surface area (Å²) in [6.07, 6.45) is 0. The van der Waals surface area contributed by atoms with E-state index in [-0.39, 0.29) is 0 Å². The van der Waals surface area contributed by atoms with E-state index in [1.807, 2.05) is 48.5 Å². The minimum absolute atomic E-state index is 0.559. The van der Waals surface area contributed by atoms with E-state index in [9.17, 15) is 0 Å². The lowest BCUT2D eigenvalue weighted by atomic mass is 10.0. The number of imidazole rings is 1. The Morgan fingerprint density at radius 2 is 1.57 bits per heavy atom. The van der Waals surface area contributed by atoms with E-state index in [2.05, 4.69) is 36.8 Å². The Bertz CT molecular complexity index is 1380. The van der Waals surface area contributed by atoms with Crippen LogP contribution in [0.5, 0.6) is 5.75 Å². The van der Waals surface area contributed by atoms with Crippen molar-refractivity contribution in [2.75, 3.05) is 7.11 Å². The highest BCUT2D eigenvalue weighted by Gasteiger charge is 2.18. The number of H-pyrrole nitrogens is 1. The standard InChI is InChI=1S/C21H12Br2ClN3O/c1-28-10-5-6-11-13(9-10)18-12(7-8-16(24)25-18)20-19(11)26-21(27-20)17-14(22)3-2-4-15(17)23/h2-9,25H,1H3. The Morgan fingerprint density at radius 1 is 0.893 bits per heavy atom. The van der Waals surface area contributed by atoms with Crippen molar-refractivity contribution in [3.63, 3.8) is 0 Å². The topological polar surface area (TPSA) is 50.8 Å². The molecule has 0 aliphatic carbocycles. The molecule has 0 aliphatic rings. The van der Waals surface area contributed by atoms with Gasteiger partial charge in [-0.15, -0.1) is 0 Å². The molecule has 0 aliphatic heterocycles. The van der Waals surface area contributed by atoms with E-state index in [0.717, 1.165) is 53.0 Å². The highest BCUT2D eigenvalue weighted by molar-refractivity contribution is 9.11. The number of aromatic amines is 1. The number of methoxy groups -OCH3 is 1. The smallest absolute Gasteiger partial charge is 0.162 e. The van der Waals surface area contributed by atoms with Gasteiger partial charge in [-0.25, -0.2) is 9.97 Å². The zero-order chi connectivity index (χ0) is 19.4. The number of nitrogens with zero attached hydrogens (tertiary/aromatic N) is 2. The first-order valence-electron chi connectivity index (χ1n) is 8.47. The van der Waals surface area contributed by atoms with Crippen LogP contribution in [0, 0.1) is 0 Å². The first-order chi connectivity index (χ1) is 13.6. The van der Waals surface area contributed by atoms with Crippen molar-refractivity contribution in [1.82, 2.24) is 15.0 Å². The van der Waals surface area contributed by atoms with Gasteiger partial charge in [0, 0.05) is 30.7 Å². The molecule has 28 heavy (non-hydrogen) atoms. The molecule has 0 spiro atoms. The summed E-state index contributed by atoms with van der Waals surface area (Å²) in [5, 5.41) is 3.50. The van der Waals surface area contributed by atoms with Crippen LogP contribution in [0.4, 0.5) is 0 Å². The van der Waals surface area contributed by atoms with Crippen molar-refractivity contribution < 1.29 is 4.74 Å². The first kappa shape index (κ1) is 17.9. The Hall–Kier alpha value is -2.15. The lowest BCUT2D eigenvalue weighted by Gasteiger charge is -2.08. The van der Waals surface area contributed by atoms with Crippen LogP contribution in [0.2, 0.25) is 5.15 Å². The molecule has 0 unspecified atom stereocenters. The van der Waals surface area contributed by atoms with Gasteiger partial charge in [0.15, 0.2) is 5.82 Å². The molecule has 2 heterocycles. The fourth-order valence-electron chi connectivity index (χ4n) is 3.48. The van der Waals surface area contributed by atoms with Gasteiger partial charge < -0.3 is 9.72 Å². The highest BCUT2D eigenvalue weighted by atomic mass is 79.9. The molecule has 0 fully saturated rings. The molecule has 5 rings (SSSR count). The van der Waals surface area contributed by atoms with Crippen molar-refractivity contribution in [3.8, 4) is 17.1 Å². The van der Waals surface area contributed by atoms with Crippen LogP contribution in [-0.2, 0) is 0 Å². The second-order valence-electron chi connectivity index (χ2n) is 6.35. The summed E-state index contributed by atoms with van der Waals surface area (Å²) in [6.45, 7) is 0. The largest absolute Gasteiger partial charge is 0.497 e. The van der Waals surface area contributed by atoms with Crippen LogP contribution in [0.3, 0.4) is 0 Å². The maximum atomic E-state index is 6.25. The SMILES string of the molecule is COc1ccc2c(c1)c1[nH]c(Cl)ccc1c1nc(-c3c(Br)cccc3Br)nc21. The molecule has 5 aromatic rings. The predicted octanol–water partition coefficient (Wildman–Crippen LogP) is 7.12. The maximum absolute atomic E-state index is 6.25. The summed E-state index contributed by atoms with van der Waals surface area (Å²) >= 11 is 13.5. The van der Waals surface area contributed by atoms with Gasteiger partial charge in [0.05, 0.1) is 18.1 Å². The van der Waals surface area contributed by atoms with Gasteiger partial charge in [0.25, 0.3) is 0 Å². The van der Waals surface area contributed by atoms with Crippen molar-refractivity contribution in [1.29, 1.82) is 0 Å². The van der Waals surface area contributed by atoms with Crippen LogP contribution in [0.25, 0.3) is 44.1 Å². The van der Waals surface area contributed by atoms with E-state index in [0.29, 0.717) is 11.0 Å². The molecule has 138 valence electrons. The van der Waals surface area contributed by atoms with E-state index in [1.165, 1.54) is 0 Å². The number of hydrogen-bond acceptors (Lipinski definition) is 3. The molecule has 0 radical (unpaired) electrons. The summed E-state index contributed by atoms with van der Waals surface area (Å²) in [5.74, 6) is 1.43. The van der Waals surface area contributed by atoms with Gasteiger partial charge >= 0.3 is 0 Å². The van der Waals surface area contributed by atoms with Crippen LogP contribution in [-0.4, -0.2) is 22.1 Å². The number of benzene rings is 3. The average Bonchev–Trinajstić information content (AvgIpc) is 3.12. The normalized spacial score (nSPS) is 11.6. The first-order valence-corrected chi connectivity index (χ1v) is 10.4. The fourth-order valence-corrected chi connectivity index (χ4v) is 4.99. The minimum atomic E-state index is 0.559. The molecule has 0 atom stereocenters. The molecule has 0 saturated heterocycles. The molecule has 0 saturated carbocycles. The van der Waals surface area contributed by atoms with Gasteiger partial charge in [0.1, 0.15) is 16.4 Å². The van der Waals surface area contributed by atoms with Crippen LogP contribution >= 0.6 is 43.5 Å². The van der Waals surface area contributed by atoms with Gasteiger partial charge in [-0.3, -0.25) is 0 Å². The lowest BCUT2D eigenvalue weighted by Crippen LogP contribution is -1.88. The molecular weight excluding hydrogens is 506 g/mol. The monoisotopic (exact) mass is 515 g/mol. The third kappa shape index (κ3) is 2.70. The highest BCUT2D eigenvalue weighted by Crippen LogP contribution is 2.39. The van der Waals surface area contributed by atoms with Gasteiger partial charge in [-0.1, -0.05) is 17.7 Å². The number of fused-ring (bicyclic) bond motifs is 6. The lowest BCUT2D eigenvalue weighted by molar-refractivity contribution is 0.415. The van der Waals surface area contributed by atoms with Crippen LogP contribution < -0.4 is 4.74 Å². The molecular formula is C21H12Br2ClN3O. The van der Waals surface area contributed by atoms with E-state index in [4.69, 9.17) is 26.3 Å². The summed E-state index contributed by atoms with van der Waals surface area (Å²) in [4.78, 5) is 13.1. The average molecular weight is 518 g/mol. The van der Waals surface area contributed by atoms with E-state index >= 15 is 0 Å². The number of nitrogens with one attached hydrogen (secondary N) is 1. The fraction of sp³-hybridized carbons (Fsp3) is 0.0476. The predicted molar refractivity (Wildman–Crippen MR) is 121 cm³/mol. The van der Waals surface area contributed by atoms with Crippen molar-refractivity contribution in [2.24, 2.45) is 0 Å². The summed E-state index contributed by atoms with van der Waals surface area (Å²) in [5.41, 5.74) is 3.51. The molecule has 4 nitrogen and oxygen atoms in total. The Labute approximate surface area is 182 Å². The molecule has 0 amide bonds. The molecule has 3 aromatic carbocycles. The number of halogens is 3. The Balaban J connectivity index is 1.96. The number of rotatable bonds is 2. The Kier molecular flexibility index (Phi) is 4.30. The Morgan fingerprint density at radius 3 is 2.29 bits per heavy atom. The molecule has 1 N–H and O–H groups in total. The number of pyridine rings is 1. The van der Waals surface area contributed by atoms with Gasteiger partial charge in [-0.2, -0.15) is 0 Å². The van der Waals surface area contributed by atoms with E-state index < -0.39 is 0 Å². The molecule has 7 heteroatoms. The summed E-state index contributed by atoms with van der Waals surface area (Å²) in [6, 6.07) is 15.7. The maximum Gasteiger partial charge on any atom is 0.162 e. The third-order valence-corrected chi connectivity index (χ3v) is 6.30. The zero-order valence-corrected chi connectivity index (χ0v) is 18.5. The van der Waals surface area contributed by atoms with Crippen LogP contribution in [0.15, 0.2) is 57.5 Å². The number of aromatic nitrogens is 3. The summed E-state index contributed by atoms with van der Waals surface area (Å²) in [7, 11) is 1.66. The second kappa shape index (κ2) is 6.72. The van der Waals surface area contributed by atoms with Crippen LogP contribution in [0.1, 0.15) is 0 Å². The van der Waals surface area contributed by atoms with Gasteiger partial charge in [-0.05, 0) is 74.3 Å². The second-order valence-corrected chi connectivity index (χ2v) is 8.46. The number of ether oxygens (including phenoxy) is 1. The van der Waals surface area contributed by atoms with Crippen molar-refractivity contribution >= 4 is 76.2 Å². The molecule has 2 aromatic heterocycles. The summed E-state index contributed by atoms with van der Waals surface area (Å²) < 4.78 is 7.29. The van der Waals surface area contributed by atoms with Crippen molar-refractivity contribution in [2.45, 2.75) is 0 Å². The zero-order valence-electron chi connectivity index (χ0n) is 14.6. The van der Waals surface area contributed by atoms with E-state index in [1.54, 1.807) is 7.11 Å². The minimum Gasteiger partial charge on any atom is -0.497 e. The van der Waals surface area contributed by atoms with Crippen molar-refractivity contribution in [3.05, 3.63) is 62.6 Å². The number of hydrogen-bond donors (Lipinski definition) is 1. The quantitative estimate of drug-likeness (QED) is 0.200. The van der Waals surface area contributed by atoms with Gasteiger partial charge in [0.2, 0.25) is 0 Å². The molecule has 0 bridgehead atoms. The third-order valence-electron chi connectivity index (χ3n) is 4.76.